The molecule has 6 nitrogen and oxygen atoms in total. The van der Waals surface area contributed by atoms with Gasteiger partial charge in [0.05, 0.1) is 17.4 Å². The maximum absolute atomic E-state index is 12.0. The van der Waals surface area contributed by atoms with Crippen LogP contribution in [0.1, 0.15) is 36.0 Å². The number of amides is 2. The number of hydrogen-bond donors (Lipinski definition) is 3. The van der Waals surface area contributed by atoms with E-state index in [0.717, 1.165) is 19.4 Å². The molecule has 6 heteroatoms. The number of benzene rings is 1. The second-order valence-corrected chi connectivity index (χ2v) is 5.31. The Bertz CT molecular complexity index is 513. The van der Waals surface area contributed by atoms with Crippen molar-refractivity contribution in [3.8, 4) is 0 Å². The van der Waals surface area contributed by atoms with Gasteiger partial charge in [0.2, 0.25) is 5.91 Å². The summed E-state index contributed by atoms with van der Waals surface area (Å²) in [6, 6.07) is 6.96. The van der Waals surface area contributed by atoms with Gasteiger partial charge in [-0.2, -0.15) is 0 Å². The molecule has 2 rings (SSSR count). The Morgan fingerprint density at radius 2 is 2.14 bits per heavy atom. The van der Waals surface area contributed by atoms with E-state index in [1.165, 1.54) is 0 Å². The number of para-hydroxylation sites is 1. The standard InChI is InChI=1S/C16H23N3O3/c17-9-10-18-16(21)13-5-1-2-6-14(13)19-15(20)8-7-12-4-3-11-22-12/h1-2,5-6,12H,3-4,7-11,17H2,(H,18,21)(H,19,20). The Morgan fingerprint density at radius 3 is 2.86 bits per heavy atom. The van der Waals surface area contributed by atoms with Crippen LogP contribution in [0.15, 0.2) is 24.3 Å². The van der Waals surface area contributed by atoms with Gasteiger partial charge in [-0.1, -0.05) is 12.1 Å². The molecular weight excluding hydrogens is 282 g/mol. The Morgan fingerprint density at radius 1 is 1.32 bits per heavy atom. The van der Waals surface area contributed by atoms with Crippen molar-refractivity contribution < 1.29 is 14.3 Å². The molecule has 1 aromatic carbocycles. The number of anilines is 1. The maximum atomic E-state index is 12.0. The van der Waals surface area contributed by atoms with Crippen molar-refractivity contribution in [1.29, 1.82) is 0 Å². The third-order valence-electron chi connectivity index (χ3n) is 3.59. The lowest BCUT2D eigenvalue weighted by Gasteiger charge is -2.12. The fourth-order valence-corrected chi connectivity index (χ4v) is 2.45. The van der Waals surface area contributed by atoms with Crippen LogP contribution in [0, 0.1) is 0 Å². The van der Waals surface area contributed by atoms with Crippen LogP contribution < -0.4 is 16.4 Å². The topological polar surface area (TPSA) is 93.5 Å². The molecule has 1 unspecified atom stereocenters. The first-order valence-electron chi connectivity index (χ1n) is 7.69. The minimum Gasteiger partial charge on any atom is -0.378 e. The van der Waals surface area contributed by atoms with Crippen LogP contribution in [-0.2, 0) is 9.53 Å². The Kier molecular flexibility index (Phi) is 6.36. The average Bonchev–Trinajstić information content (AvgIpc) is 3.04. The van der Waals surface area contributed by atoms with Gasteiger partial charge in [-0.05, 0) is 31.4 Å². The van der Waals surface area contributed by atoms with E-state index < -0.39 is 0 Å². The lowest BCUT2D eigenvalue weighted by atomic mass is 10.1. The molecule has 1 heterocycles. The van der Waals surface area contributed by atoms with E-state index in [4.69, 9.17) is 10.5 Å². The van der Waals surface area contributed by atoms with Gasteiger partial charge in [0.25, 0.3) is 5.91 Å². The highest BCUT2D eigenvalue weighted by molar-refractivity contribution is 6.03. The SMILES string of the molecule is NCCNC(=O)c1ccccc1NC(=O)CCC1CCCO1. The molecule has 0 aromatic heterocycles. The van der Waals surface area contributed by atoms with Gasteiger partial charge in [-0.3, -0.25) is 9.59 Å². The van der Waals surface area contributed by atoms with Gasteiger partial charge in [0.15, 0.2) is 0 Å². The summed E-state index contributed by atoms with van der Waals surface area (Å²) < 4.78 is 5.50. The van der Waals surface area contributed by atoms with Crippen LogP contribution >= 0.6 is 0 Å². The van der Waals surface area contributed by atoms with Crippen LogP contribution in [0.2, 0.25) is 0 Å². The van der Waals surface area contributed by atoms with Crippen LogP contribution in [0.5, 0.6) is 0 Å². The van der Waals surface area contributed by atoms with Crippen molar-refractivity contribution in [2.45, 2.75) is 31.8 Å². The van der Waals surface area contributed by atoms with Crippen LogP contribution in [-0.4, -0.2) is 37.6 Å². The minimum absolute atomic E-state index is 0.102. The Hall–Kier alpha value is -1.92. The number of rotatable bonds is 7. The minimum atomic E-state index is -0.236. The van der Waals surface area contributed by atoms with Crippen LogP contribution in [0.25, 0.3) is 0 Å². The molecule has 0 radical (unpaired) electrons. The molecule has 0 bridgehead atoms. The number of carbonyl (C=O) groups excluding carboxylic acids is 2. The summed E-state index contributed by atoms with van der Waals surface area (Å²) >= 11 is 0. The highest BCUT2D eigenvalue weighted by Gasteiger charge is 2.17. The molecule has 0 spiro atoms. The highest BCUT2D eigenvalue weighted by atomic mass is 16.5. The van der Waals surface area contributed by atoms with Crippen molar-refractivity contribution in [1.82, 2.24) is 5.32 Å². The summed E-state index contributed by atoms with van der Waals surface area (Å²) in [6.45, 7) is 1.57. The lowest BCUT2D eigenvalue weighted by Crippen LogP contribution is -2.30. The second kappa shape index (κ2) is 8.51. The van der Waals surface area contributed by atoms with Crippen molar-refractivity contribution in [2.75, 3.05) is 25.0 Å². The first-order valence-corrected chi connectivity index (χ1v) is 7.69. The summed E-state index contributed by atoms with van der Waals surface area (Å²) in [7, 11) is 0. The molecule has 2 amide bonds. The number of ether oxygens (including phenoxy) is 1. The van der Waals surface area contributed by atoms with E-state index in [1.807, 2.05) is 0 Å². The van der Waals surface area contributed by atoms with Crippen molar-refractivity contribution >= 4 is 17.5 Å². The third-order valence-corrected chi connectivity index (χ3v) is 3.59. The highest BCUT2D eigenvalue weighted by Crippen LogP contribution is 2.19. The molecule has 22 heavy (non-hydrogen) atoms. The number of nitrogens with one attached hydrogen (secondary N) is 2. The lowest BCUT2D eigenvalue weighted by molar-refractivity contribution is -0.116. The van der Waals surface area contributed by atoms with E-state index in [1.54, 1.807) is 24.3 Å². The van der Waals surface area contributed by atoms with Crippen molar-refractivity contribution in [3.05, 3.63) is 29.8 Å². The summed E-state index contributed by atoms with van der Waals surface area (Å²) in [4.78, 5) is 24.1. The first kappa shape index (κ1) is 16.5. The molecule has 1 aromatic rings. The van der Waals surface area contributed by atoms with Gasteiger partial charge < -0.3 is 21.1 Å². The number of hydrogen-bond acceptors (Lipinski definition) is 4. The predicted molar refractivity (Wildman–Crippen MR) is 84.7 cm³/mol. The monoisotopic (exact) mass is 305 g/mol. The molecule has 1 fully saturated rings. The number of nitrogens with two attached hydrogens (primary N) is 1. The molecule has 120 valence electrons. The third kappa shape index (κ3) is 4.82. The number of carbonyl (C=O) groups is 2. The summed E-state index contributed by atoms with van der Waals surface area (Å²) in [6.07, 6.45) is 3.38. The molecule has 0 saturated carbocycles. The van der Waals surface area contributed by atoms with E-state index in [0.29, 0.717) is 37.2 Å². The first-order chi connectivity index (χ1) is 10.7. The second-order valence-electron chi connectivity index (χ2n) is 5.31. The Labute approximate surface area is 130 Å². The predicted octanol–water partition coefficient (Wildman–Crippen LogP) is 1.27. The average molecular weight is 305 g/mol. The van der Waals surface area contributed by atoms with E-state index in [2.05, 4.69) is 10.6 Å². The van der Waals surface area contributed by atoms with Gasteiger partial charge >= 0.3 is 0 Å². The molecule has 1 aliphatic heterocycles. The smallest absolute Gasteiger partial charge is 0.253 e. The summed E-state index contributed by atoms with van der Waals surface area (Å²) in [5, 5.41) is 5.51. The summed E-state index contributed by atoms with van der Waals surface area (Å²) in [5.74, 6) is -0.338. The molecule has 1 atom stereocenters. The van der Waals surface area contributed by atoms with Crippen LogP contribution in [0.4, 0.5) is 5.69 Å². The van der Waals surface area contributed by atoms with Gasteiger partial charge in [0.1, 0.15) is 0 Å². The molecular formula is C16H23N3O3. The van der Waals surface area contributed by atoms with E-state index in [-0.39, 0.29) is 17.9 Å². The maximum Gasteiger partial charge on any atom is 0.253 e. The molecule has 1 aliphatic rings. The Balaban J connectivity index is 1.90. The molecule has 1 saturated heterocycles. The summed E-state index contributed by atoms with van der Waals surface area (Å²) in [5.41, 5.74) is 6.34. The quantitative estimate of drug-likeness (QED) is 0.707. The largest absolute Gasteiger partial charge is 0.378 e. The van der Waals surface area contributed by atoms with Gasteiger partial charge in [0, 0.05) is 26.1 Å². The van der Waals surface area contributed by atoms with Gasteiger partial charge in [-0.25, -0.2) is 0 Å². The van der Waals surface area contributed by atoms with Crippen molar-refractivity contribution in [2.24, 2.45) is 5.73 Å². The fraction of sp³-hybridized carbons (Fsp3) is 0.500. The van der Waals surface area contributed by atoms with E-state index in [9.17, 15) is 9.59 Å². The van der Waals surface area contributed by atoms with Crippen LogP contribution in [0.3, 0.4) is 0 Å². The van der Waals surface area contributed by atoms with Gasteiger partial charge in [-0.15, -0.1) is 0 Å². The zero-order chi connectivity index (χ0) is 15.8. The zero-order valence-electron chi connectivity index (χ0n) is 12.6. The fourth-order valence-electron chi connectivity index (χ4n) is 2.45. The van der Waals surface area contributed by atoms with Crippen molar-refractivity contribution in [3.63, 3.8) is 0 Å². The normalized spacial score (nSPS) is 17.2. The zero-order valence-corrected chi connectivity index (χ0v) is 12.6. The molecule has 4 N–H and O–H groups in total. The molecule has 0 aliphatic carbocycles. The van der Waals surface area contributed by atoms with E-state index >= 15 is 0 Å².